The second-order valence-corrected chi connectivity index (χ2v) is 7.29. The van der Waals surface area contributed by atoms with Gasteiger partial charge in [0.05, 0.1) is 0 Å². The third-order valence-corrected chi connectivity index (χ3v) is 5.13. The van der Waals surface area contributed by atoms with E-state index in [9.17, 15) is 9.18 Å². The van der Waals surface area contributed by atoms with Crippen LogP contribution in [0, 0.1) is 5.82 Å². The average Bonchev–Trinajstić information content (AvgIpc) is 2.78. The number of carbonyl (C=O) groups excluding carboxylic acids is 1. The van der Waals surface area contributed by atoms with Crippen LogP contribution < -0.4 is 10.6 Å². The molecule has 0 aliphatic heterocycles. The maximum Gasteiger partial charge on any atom is 0.414 e. The fourth-order valence-corrected chi connectivity index (χ4v) is 3.51. The topological polar surface area (TPSA) is 116 Å². The predicted octanol–water partition coefficient (Wildman–Crippen LogP) is 3.03. The molecule has 1 saturated carbocycles. The molecule has 0 aromatic heterocycles. The molecule has 0 heterocycles. The Balaban J connectivity index is 0.000000501. The first-order valence-corrected chi connectivity index (χ1v) is 10.1. The van der Waals surface area contributed by atoms with Gasteiger partial charge in [-0.05, 0) is 61.4 Å². The highest BCUT2D eigenvalue weighted by molar-refractivity contribution is 6.27. The van der Waals surface area contributed by atoms with E-state index in [0.29, 0.717) is 24.1 Å². The van der Waals surface area contributed by atoms with E-state index in [0.717, 1.165) is 6.54 Å². The first-order chi connectivity index (χ1) is 14.9. The first-order valence-electron chi connectivity index (χ1n) is 10.1. The molecule has 0 spiro atoms. The van der Waals surface area contributed by atoms with Crippen LogP contribution in [-0.2, 0) is 9.59 Å². The third kappa shape index (κ3) is 8.55. The summed E-state index contributed by atoms with van der Waals surface area (Å²) in [4.78, 5) is 30.1. The van der Waals surface area contributed by atoms with Gasteiger partial charge in [0.2, 0.25) is 0 Å². The van der Waals surface area contributed by atoms with Crippen molar-refractivity contribution in [2.24, 2.45) is 0 Å². The number of aliphatic carboxylic acids is 2. The molecule has 1 aliphatic rings. The van der Waals surface area contributed by atoms with E-state index >= 15 is 0 Å². The Kier molecular flexibility index (Phi) is 9.64. The van der Waals surface area contributed by atoms with Crippen molar-refractivity contribution in [3.63, 3.8) is 0 Å². The minimum absolute atomic E-state index is 0.158. The van der Waals surface area contributed by atoms with Crippen LogP contribution in [0.1, 0.15) is 47.5 Å². The van der Waals surface area contributed by atoms with E-state index in [-0.39, 0.29) is 11.7 Å². The van der Waals surface area contributed by atoms with E-state index in [1.165, 1.54) is 55.5 Å². The van der Waals surface area contributed by atoms with Crippen molar-refractivity contribution in [2.75, 3.05) is 13.1 Å². The maximum atomic E-state index is 12.9. The maximum absolute atomic E-state index is 12.9. The molecule has 0 atom stereocenters. The molecule has 3 rings (SSSR count). The number of hydrogen-bond donors (Lipinski definition) is 4. The van der Waals surface area contributed by atoms with Crippen molar-refractivity contribution in [1.82, 2.24) is 10.6 Å². The van der Waals surface area contributed by atoms with Crippen molar-refractivity contribution in [2.45, 2.75) is 37.6 Å². The quantitative estimate of drug-likeness (QED) is 0.414. The van der Waals surface area contributed by atoms with Gasteiger partial charge in [0.1, 0.15) is 5.82 Å². The van der Waals surface area contributed by atoms with E-state index in [1.54, 1.807) is 0 Å². The molecular weight excluding hydrogens is 403 g/mol. The summed E-state index contributed by atoms with van der Waals surface area (Å²) in [5, 5.41) is 21.2. The van der Waals surface area contributed by atoms with Crippen LogP contribution in [0.3, 0.4) is 0 Å². The summed E-state index contributed by atoms with van der Waals surface area (Å²) < 4.78 is 12.9. The molecule has 0 radical (unpaired) electrons. The summed E-state index contributed by atoms with van der Waals surface area (Å²) in [5.41, 5.74) is 1.94. The lowest BCUT2D eigenvalue weighted by atomic mass is 9.82. The molecular formula is C23H27FN2O5. The summed E-state index contributed by atoms with van der Waals surface area (Å²) in [6.07, 6.45) is 4.77. The number of carboxylic acids is 2. The van der Waals surface area contributed by atoms with Crippen LogP contribution in [0.2, 0.25) is 0 Å². The third-order valence-electron chi connectivity index (χ3n) is 5.13. The summed E-state index contributed by atoms with van der Waals surface area (Å²) in [7, 11) is 0. The highest BCUT2D eigenvalue weighted by Crippen LogP contribution is 2.32. The Morgan fingerprint density at radius 1 is 0.839 bits per heavy atom. The van der Waals surface area contributed by atoms with Gasteiger partial charge in [0.25, 0.3) is 5.91 Å². The van der Waals surface area contributed by atoms with Crippen LogP contribution >= 0.6 is 0 Å². The summed E-state index contributed by atoms with van der Waals surface area (Å²) in [6, 6.07) is 16.9. The van der Waals surface area contributed by atoms with Crippen LogP contribution in [-0.4, -0.2) is 47.2 Å². The van der Waals surface area contributed by atoms with Gasteiger partial charge in [-0.25, -0.2) is 14.0 Å². The zero-order valence-corrected chi connectivity index (χ0v) is 17.1. The van der Waals surface area contributed by atoms with E-state index in [1.807, 2.05) is 0 Å². The van der Waals surface area contributed by atoms with Crippen LogP contribution in [0.5, 0.6) is 0 Å². The number of hydrogen-bond acceptors (Lipinski definition) is 4. The standard InChI is InChI=1S/C21H25FN2O.C2H2O4/c22-19-10-6-18(7-11-19)21(25)24-15-14-23-20-12-8-17(9-13-20)16-4-2-1-3-5-16;3-1(4)2(5)6/h1-7,10-11,17,20,23H,8-9,12-15H2,(H,24,25);(H,3,4)(H,5,6). The monoisotopic (exact) mass is 430 g/mol. The predicted molar refractivity (Wildman–Crippen MR) is 113 cm³/mol. The smallest absolute Gasteiger partial charge is 0.414 e. The van der Waals surface area contributed by atoms with Crippen molar-refractivity contribution in [3.05, 3.63) is 71.5 Å². The fourth-order valence-electron chi connectivity index (χ4n) is 3.51. The van der Waals surface area contributed by atoms with Gasteiger partial charge in [0, 0.05) is 24.7 Å². The Morgan fingerprint density at radius 2 is 1.42 bits per heavy atom. The van der Waals surface area contributed by atoms with E-state index in [4.69, 9.17) is 19.8 Å². The highest BCUT2D eigenvalue weighted by Gasteiger charge is 2.21. The number of amides is 1. The molecule has 1 aliphatic carbocycles. The number of carboxylic acid groups (broad SMARTS) is 2. The molecule has 2 aromatic carbocycles. The molecule has 31 heavy (non-hydrogen) atoms. The van der Waals surface area contributed by atoms with Crippen molar-refractivity contribution >= 4 is 17.8 Å². The van der Waals surface area contributed by atoms with Crippen LogP contribution in [0.25, 0.3) is 0 Å². The zero-order chi connectivity index (χ0) is 22.6. The Bertz CT molecular complexity index is 838. The molecule has 1 fully saturated rings. The molecule has 7 nitrogen and oxygen atoms in total. The van der Waals surface area contributed by atoms with Crippen molar-refractivity contribution in [1.29, 1.82) is 0 Å². The van der Waals surface area contributed by atoms with Gasteiger partial charge >= 0.3 is 11.9 Å². The normalized spacial score (nSPS) is 17.7. The number of benzene rings is 2. The molecule has 0 bridgehead atoms. The lowest BCUT2D eigenvalue weighted by molar-refractivity contribution is -0.159. The number of nitrogens with one attached hydrogen (secondary N) is 2. The molecule has 166 valence electrons. The lowest BCUT2D eigenvalue weighted by Crippen LogP contribution is -2.38. The SMILES string of the molecule is O=C(NCCNC1CCC(c2ccccc2)CC1)c1ccc(F)cc1.O=C(O)C(=O)O. The molecule has 0 unspecified atom stereocenters. The highest BCUT2D eigenvalue weighted by atomic mass is 19.1. The van der Waals surface area contributed by atoms with Gasteiger partial charge in [-0.2, -0.15) is 0 Å². The van der Waals surface area contributed by atoms with Crippen molar-refractivity contribution < 1.29 is 29.0 Å². The fraction of sp³-hybridized carbons (Fsp3) is 0.348. The molecule has 4 N–H and O–H groups in total. The number of carbonyl (C=O) groups is 3. The molecule has 2 aromatic rings. The second-order valence-electron chi connectivity index (χ2n) is 7.29. The van der Waals surface area contributed by atoms with Gasteiger partial charge in [0.15, 0.2) is 0 Å². The lowest BCUT2D eigenvalue weighted by Gasteiger charge is -2.29. The largest absolute Gasteiger partial charge is 0.473 e. The summed E-state index contributed by atoms with van der Waals surface area (Å²) in [6.45, 7) is 1.34. The second kappa shape index (κ2) is 12.4. The number of halogens is 1. The Morgan fingerprint density at radius 3 is 1.97 bits per heavy atom. The molecule has 0 saturated heterocycles. The van der Waals surface area contributed by atoms with Crippen molar-refractivity contribution in [3.8, 4) is 0 Å². The zero-order valence-electron chi connectivity index (χ0n) is 17.1. The average molecular weight is 430 g/mol. The number of rotatable bonds is 6. The van der Waals surface area contributed by atoms with Gasteiger partial charge in [-0.15, -0.1) is 0 Å². The molecule has 8 heteroatoms. The summed E-state index contributed by atoms with van der Waals surface area (Å²) >= 11 is 0. The summed E-state index contributed by atoms with van der Waals surface area (Å²) in [5.74, 6) is -3.46. The van der Waals surface area contributed by atoms with E-state index in [2.05, 4.69) is 41.0 Å². The minimum atomic E-state index is -1.82. The Labute approximate surface area is 180 Å². The van der Waals surface area contributed by atoms with Gasteiger partial charge in [-0.1, -0.05) is 30.3 Å². The van der Waals surface area contributed by atoms with E-state index < -0.39 is 11.9 Å². The molecule has 1 amide bonds. The minimum Gasteiger partial charge on any atom is -0.473 e. The first kappa shape index (κ1) is 24.0. The van der Waals surface area contributed by atoms with Crippen LogP contribution in [0.15, 0.2) is 54.6 Å². The Hall–Kier alpha value is -3.26. The van der Waals surface area contributed by atoms with Gasteiger partial charge in [-0.3, -0.25) is 4.79 Å². The van der Waals surface area contributed by atoms with Gasteiger partial charge < -0.3 is 20.8 Å². The van der Waals surface area contributed by atoms with Crippen LogP contribution in [0.4, 0.5) is 4.39 Å².